The first kappa shape index (κ1) is 10.9. The Bertz CT molecular complexity index is 515. The number of carbonyl (C=O) groups is 1. The van der Waals surface area contributed by atoms with Crippen LogP contribution in [0.25, 0.3) is 10.6 Å². The molecule has 0 saturated carbocycles. The number of thiophene rings is 1. The van der Waals surface area contributed by atoms with Crippen molar-refractivity contribution in [1.29, 1.82) is 0 Å². The summed E-state index contributed by atoms with van der Waals surface area (Å²) in [6.07, 6.45) is 2.21. The molecule has 1 fully saturated rings. The molecule has 0 spiro atoms. The van der Waals surface area contributed by atoms with E-state index in [1.807, 2.05) is 22.4 Å². The summed E-state index contributed by atoms with van der Waals surface area (Å²) in [5.41, 5.74) is 0.738. The molecule has 0 aromatic carbocycles. The highest BCUT2D eigenvalue weighted by atomic mass is 32.1. The molecular weight excluding hydrogens is 254 g/mol. The van der Waals surface area contributed by atoms with Gasteiger partial charge < -0.3 is 4.90 Å². The van der Waals surface area contributed by atoms with Gasteiger partial charge in [-0.25, -0.2) is 0 Å². The van der Waals surface area contributed by atoms with Crippen LogP contribution in [-0.2, 0) is 0 Å². The minimum absolute atomic E-state index is 0.0842. The van der Waals surface area contributed by atoms with Gasteiger partial charge in [0.1, 0.15) is 10.6 Å². The molecule has 1 aliphatic heterocycles. The van der Waals surface area contributed by atoms with Crippen LogP contribution in [-0.4, -0.2) is 33.5 Å². The fourth-order valence-corrected chi connectivity index (χ4v) is 3.40. The Labute approximate surface area is 107 Å². The van der Waals surface area contributed by atoms with Gasteiger partial charge in [0.2, 0.25) is 0 Å². The molecule has 0 N–H and O–H groups in total. The van der Waals surface area contributed by atoms with E-state index in [1.54, 1.807) is 11.3 Å². The summed E-state index contributed by atoms with van der Waals surface area (Å²) < 4.78 is 3.92. The van der Waals surface area contributed by atoms with Crippen LogP contribution >= 0.6 is 22.9 Å². The molecule has 3 heterocycles. The number of carbonyl (C=O) groups excluding carboxylic acids is 1. The summed E-state index contributed by atoms with van der Waals surface area (Å²) >= 11 is 2.79. The predicted octanol–water partition coefficient (Wildman–Crippen LogP) is 2.50. The zero-order valence-electron chi connectivity index (χ0n) is 9.13. The molecule has 0 aliphatic carbocycles. The summed E-state index contributed by atoms with van der Waals surface area (Å²) in [4.78, 5) is 15.9. The number of likely N-dealkylation sites (tertiary alicyclic amines) is 1. The number of hydrogen-bond donors (Lipinski definition) is 0. The Hall–Kier alpha value is -1.27. The van der Waals surface area contributed by atoms with Crippen LogP contribution in [0.1, 0.15) is 22.5 Å². The maximum atomic E-state index is 12.3. The van der Waals surface area contributed by atoms with E-state index < -0.39 is 0 Å². The van der Waals surface area contributed by atoms with Crippen molar-refractivity contribution < 1.29 is 4.79 Å². The van der Waals surface area contributed by atoms with E-state index in [-0.39, 0.29) is 5.91 Å². The largest absolute Gasteiger partial charge is 0.338 e. The lowest BCUT2D eigenvalue weighted by molar-refractivity contribution is 0.0798. The third kappa shape index (κ3) is 1.98. The second-order valence-corrected chi connectivity index (χ2v) is 5.63. The molecular formula is C11H11N3OS2. The summed E-state index contributed by atoms with van der Waals surface area (Å²) in [6.45, 7) is 1.72. The number of aromatic nitrogens is 2. The highest BCUT2D eigenvalue weighted by Crippen LogP contribution is 2.29. The van der Waals surface area contributed by atoms with E-state index in [2.05, 4.69) is 9.59 Å². The van der Waals surface area contributed by atoms with Crippen molar-refractivity contribution in [3.05, 3.63) is 22.4 Å². The van der Waals surface area contributed by atoms with E-state index in [9.17, 15) is 4.79 Å². The second kappa shape index (κ2) is 4.54. The smallest absolute Gasteiger partial charge is 0.267 e. The Morgan fingerprint density at radius 3 is 2.88 bits per heavy atom. The second-order valence-electron chi connectivity index (χ2n) is 3.93. The van der Waals surface area contributed by atoms with Crippen LogP contribution < -0.4 is 0 Å². The number of amides is 1. The van der Waals surface area contributed by atoms with Crippen molar-refractivity contribution in [3.8, 4) is 10.6 Å². The topological polar surface area (TPSA) is 46.1 Å². The van der Waals surface area contributed by atoms with Crippen molar-refractivity contribution in [2.24, 2.45) is 0 Å². The molecule has 1 aliphatic rings. The van der Waals surface area contributed by atoms with Crippen molar-refractivity contribution in [3.63, 3.8) is 0 Å². The quantitative estimate of drug-likeness (QED) is 0.838. The first-order valence-corrected chi connectivity index (χ1v) is 7.17. The average molecular weight is 265 g/mol. The number of rotatable bonds is 2. The Kier molecular flexibility index (Phi) is 2.90. The maximum absolute atomic E-state index is 12.3. The van der Waals surface area contributed by atoms with Crippen LogP contribution in [0, 0.1) is 0 Å². The molecule has 4 nitrogen and oxygen atoms in total. The first-order valence-electron chi connectivity index (χ1n) is 5.52. The minimum Gasteiger partial charge on any atom is -0.338 e. The molecule has 2 aromatic heterocycles. The average Bonchev–Trinajstić information content (AvgIpc) is 3.09. The lowest BCUT2D eigenvalue weighted by Crippen LogP contribution is -2.27. The Balaban J connectivity index is 1.93. The molecule has 1 amide bonds. The standard InChI is InChI=1S/C11H11N3OS2/c15-11(14-5-1-2-6-14)10-9(12-13-17-10)8-4-3-7-16-8/h3-4,7H,1-2,5-6H2. The van der Waals surface area contributed by atoms with Gasteiger partial charge in [-0.15, -0.1) is 16.4 Å². The van der Waals surface area contributed by atoms with Gasteiger partial charge in [0.25, 0.3) is 5.91 Å². The summed E-state index contributed by atoms with van der Waals surface area (Å²) in [5.74, 6) is 0.0842. The molecule has 0 atom stereocenters. The van der Waals surface area contributed by atoms with Gasteiger partial charge >= 0.3 is 0 Å². The van der Waals surface area contributed by atoms with Crippen LogP contribution in [0.2, 0.25) is 0 Å². The van der Waals surface area contributed by atoms with Gasteiger partial charge in [-0.1, -0.05) is 10.6 Å². The summed E-state index contributed by atoms with van der Waals surface area (Å²) in [6, 6.07) is 3.94. The van der Waals surface area contributed by atoms with Crippen molar-refractivity contribution >= 4 is 28.8 Å². The zero-order chi connectivity index (χ0) is 11.7. The van der Waals surface area contributed by atoms with Crippen LogP contribution in [0.4, 0.5) is 0 Å². The molecule has 1 saturated heterocycles. The molecule has 0 radical (unpaired) electrons. The third-order valence-electron chi connectivity index (χ3n) is 2.83. The molecule has 2 aromatic rings. The van der Waals surface area contributed by atoms with Crippen molar-refractivity contribution in [2.45, 2.75) is 12.8 Å². The van der Waals surface area contributed by atoms with E-state index >= 15 is 0 Å². The van der Waals surface area contributed by atoms with Crippen LogP contribution in [0.15, 0.2) is 17.5 Å². The van der Waals surface area contributed by atoms with Crippen molar-refractivity contribution in [1.82, 2.24) is 14.5 Å². The minimum atomic E-state index is 0.0842. The van der Waals surface area contributed by atoms with E-state index in [1.165, 1.54) is 11.5 Å². The van der Waals surface area contributed by atoms with E-state index in [0.717, 1.165) is 36.5 Å². The summed E-state index contributed by atoms with van der Waals surface area (Å²) in [5, 5.41) is 6.07. The highest BCUT2D eigenvalue weighted by Gasteiger charge is 2.25. The Morgan fingerprint density at radius 1 is 1.35 bits per heavy atom. The molecule has 0 bridgehead atoms. The molecule has 0 unspecified atom stereocenters. The molecule has 88 valence electrons. The van der Waals surface area contributed by atoms with Crippen LogP contribution in [0.5, 0.6) is 0 Å². The predicted molar refractivity (Wildman–Crippen MR) is 68.4 cm³/mol. The lowest BCUT2D eigenvalue weighted by atomic mass is 10.3. The zero-order valence-corrected chi connectivity index (χ0v) is 10.8. The van der Waals surface area contributed by atoms with Gasteiger partial charge in [0, 0.05) is 13.1 Å². The lowest BCUT2D eigenvalue weighted by Gasteiger charge is -2.13. The Morgan fingerprint density at radius 2 is 2.18 bits per heavy atom. The van der Waals surface area contributed by atoms with Crippen molar-refractivity contribution in [2.75, 3.05) is 13.1 Å². The van der Waals surface area contributed by atoms with E-state index in [0.29, 0.717) is 4.88 Å². The number of hydrogen-bond acceptors (Lipinski definition) is 5. The summed E-state index contributed by atoms with van der Waals surface area (Å²) in [7, 11) is 0. The fraction of sp³-hybridized carbons (Fsp3) is 0.364. The highest BCUT2D eigenvalue weighted by molar-refractivity contribution is 7.14. The van der Waals surface area contributed by atoms with Crippen LogP contribution in [0.3, 0.4) is 0 Å². The maximum Gasteiger partial charge on any atom is 0.267 e. The monoisotopic (exact) mass is 265 g/mol. The van der Waals surface area contributed by atoms with Gasteiger partial charge in [0.05, 0.1) is 4.88 Å². The third-order valence-corrected chi connectivity index (χ3v) is 4.42. The van der Waals surface area contributed by atoms with Gasteiger partial charge in [0.15, 0.2) is 0 Å². The van der Waals surface area contributed by atoms with Gasteiger partial charge in [-0.05, 0) is 35.8 Å². The van der Waals surface area contributed by atoms with E-state index in [4.69, 9.17) is 0 Å². The van der Waals surface area contributed by atoms with Gasteiger partial charge in [-0.3, -0.25) is 4.79 Å². The molecule has 17 heavy (non-hydrogen) atoms. The molecule has 3 rings (SSSR count). The normalized spacial score (nSPS) is 15.4. The first-order chi connectivity index (χ1) is 8.36. The fourth-order valence-electron chi connectivity index (χ4n) is 1.97. The molecule has 6 heteroatoms. The van der Waals surface area contributed by atoms with Gasteiger partial charge in [-0.2, -0.15) is 0 Å². The number of nitrogens with zero attached hydrogens (tertiary/aromatic N) is 3. The SMILES string of the molecule is O=C(c1snnc1-c1cccs1)N1CCCC1.